The first-order valence-electron chi connectivity index (χ1n) is 19.2. The van der Waals surface area contributed by atoms with Crippen LogP contribution in [0.25, 0.3) is 0 Å². The predicted molar refractivity (Wildman–Crippen MR) is 227 cm³/mol. The number of hydrogen-bond acceptors (Lipinski definition) is 3. The summed E-state index contributed by atoms with van der Waals surface area (Å²) in [6.07, 6.45) is 5.43. The Hall–Kier alpha value is -3.36. The third kappa shape index (κ3) is 8.54. The summed E-state index contributed by atoms with van der Waals surface area (Å²) in [5.74, 6) is 0.0477. The van der Waals surface area contributed by atoms with Crippen molar-refractivity contribution in [1.82, 2.24) is 0 Å². The van der Waals surface area contributed by atoms with Gasteiger partial charge in [-0.1, -0.05) is 197 Å². The lowest BCUT2D eigenvalue weighted by Gasteiger charge is -2.52. The predicted octanol–water partition coefficient (Wildman–Crippen LogP) is 9.73. The maximum atomic E-state index is 13.4. The van der Waals surface area contributed by atoms with Crippen molar-refractivity contribution < 1.29 is 13.6 Å². The van der Waals surface area contributed by atoms with Crippen LogP contribution in [0.2, 0.25) is 10.1 Å². The van der Waals surface area contributed by atoms with Crippen LogP contribution in [-0.4, -0.2) is 35.1 Å². The van der Waals surface area contributed by atoms with Crippen LogP contribution in [0.4, 0.5) is 0 Å². The van der Waals surface area contributed by atoms with E-state index in [1.165, 1.54) is 20.7 Å². The summed E-state index contributed by atoms with van der Waals surface area (Å²) >= 11 is 0. The molecule has 0 saturated carbocycles. The van der Waals surface area contributed by atoms with Gasteiger partial charge in [-0.3, -0.25) is 0 Å². The highest BCUT2D eigenvalue weighted by molar-refractivity contribution is 7.00. The molecule has 0 N–H and O–H groups in total. The van der Waals surface area contributed by atoms with Crippen LogP contribution in [0.3, 0.4) is 0 Å². The maximum absolute atomic E-state index is 13.4. The van der Waals surface area contributed by atoms with E-state index < -0.39 is 28.2 Å². The molecule has 5 heteroatoms. The van der Waals surface area contributed by atoms with E-state index in [0.717, 1.165) is 25.5 Å². The number of rotatable bonds is 17. The standard InChI is InChI=1S/C47H64O3Si2/c1-12-13-18-27-37(2)43(49-51(45(4,5)6,39-28-19-14-20-29-39)40-30-21-15-22-31-40)38(3)44(47(10,11)36-48)50-52(46(7,8)9,41-32-23-16-24-33-41)42-34-25-17-26-35-42/h12,14-17,19-26,28-38,43-44H,1,13,18,27H2,2-11H3/t37-,38+,43-,44+/m0/s1. The van der Waals surface area contributed by atoms with Crippen LogP contribution >= 0.6 is 0 Å². The van der Waals surface area contributed by atoms with Gasteiger partial charge in [-0.15, -0.1) is 6.58 Å². The van der Waals surface area contributed by atoms with E-state index in [4.69, 9.17) is 8.85 Å². The molecule has 3 nitrogen and oxygen atoms in total. The molecule has 4 atom stereocenters. The molecule has 0 amide bonds. The van der Waals surface area contributed by atoms with Crippen LogP contribution < -0.4 is 20.7 Å². The van der Waals surface area contributed by atoms with Crippen LogP contribution in [0.1, 0.15) is 88.5 Å². The van der Waals surface area contributed by atoms with Crippen LogP contribution in [-0.2, 0) is 13.6 Å². The van der Waals surface area contributed by atoms with Gasteiger partial charge in [0.1, 0.15) is 6.29 Å². The fourth-order valence-electron chi connectivity index (χ4n) is 8.44. The fourth-order valence-corrected chi connectivity index (χ4v) is 18.2. The Labute approximate surface area is 318 Å². The Balaban J connectivity index is 2.02. The molecule has 4 aromatic carbocycles. The van der Waals surface area contributed by atoms with Crippen molar-refractivity contribution in [2.24, 2.45) is 17.3 Å². The Morgan fingerprint density at radius 3 is 1.25 bits per heavy atom. The van der Waals surface area contributed by atoms with Crippen molar-refractivity contribution in [1.29, 1.82) is 0 Å². The Morgan fingerprint density at radius 1 is 0.596 bits per heavy atom. The Bertz CT molecular complexity index is 1600. The first kappa shape index (κ1) is 41.4. The molecule has 0 radical (unpaired) electrons. The van der Waals surface area contributed by atoms with Crippen molar-refractivity contribution in [2.45, 2.75) is 111 Å². The molecular formula is C47H64O3Si2. The highest BCUT2D eigenvalue weighted by atomic mass is 28.4. The third-order valence-electron chi connectivity index (χ3n) is 11.1. The number of carbonyl (C=O) groups is 1. The van der Waals surface area contributed by atoms with Crippen molar-refractivity contribution in [3.05, 3.63) is 134 Å². The minimum absolute atomic E-state index is 0.137. The normalized spacial score (nSPS) is 15.3. The molecule has 0 bridgehead atoms. The summed E-state index contributed by atoms with van der Waals surface area (Å²) in [6.45, 7) is 26.7. The van der Waals surface area contributed by atoms with Crippen LogP contribution in [0.15, 0.2) is 134 Å². The lowest BCUT2D eigenvalue weighted by molar-refractivity contribution is -0.124. The molecule has 0 heterocycles. The zero-order valence-corrected chi connectivity index (χ0v) is 35.6. The lowest BCUT2D eigenvalue weighted by atomic mass is 9.76. The number of aldehydes is 1. The molecule has 278 valence electrons. The average molecular weight is 733 g/mol. The number of hydrogen-bond donors (Lipinski definition) is 0. The van der Waals surface area contributed by atoms with Gasteiger partial charge in [-0.2, -0.15) is 0 Å². The summed E-state index contributed by atoms with van der Waals surface area (Å²) in [5, 5.41) is 4.46. The summed E-state index contributed by atoms with van der Waals surface area (Å²) in [7, 11) is -6.03. The van der Waals surface area contributed by atoms with Crippen molar-refractivity contribution >= 4 is 43.7 Å². The monoisotopic (exact) mass is 732 g/mol. The number of carbonyl (C=O) groups excluding carboxylic acids is 1. The summed E-state index contributed by atoms with van der Waals surface area (Å²) in [5.41, 5.74) is -0.805. The van der Waals surface area contributed by atoms with E-state index in [9.17, 15) is 4.79 Å². The number of allylic oxidation sites excluding steroid dienone is 1. The molecule has 4 aromatic rings. The second-order valence-electron chi connectivity index (χ2n) is 17.4. The van der Waals surface area contributed by atoms with Gasteiger partial charge < -0.3 is 13.6 Å². The highest BCUT2D eigenvalue weighted by Gasteiger charge is 2.57. The number of benzene rings is 4. The molecule has 0 aliphatic rings. The van der Waals surface area contributed by atoms with E-state index >= 15 is 0 Å². The quantitative estimate of drug-likeness (QED) is 0.0470. The second-order valence-corrected chi connectivity index (χ2v) is 25.9. The molecule has 52 heavy (non-hydrogen) atoms. The molecule has 0 unspecified atom stereocenters. The maximum Gasteiger partial charge on any atom is 0.261 e. The van der Waals surface area contributed by atoms with Gasteiger partial charge in [-0.05, 0) is 56.0 Å². The summed E-state index contributed by atoms with van der Waals surface area (Å²) in [6, 6.07) is 43.4. The minimum atomic E-state index is -3.05. The number of unbranched alkanes of at least 4 members (excludes halogenated alkanes) is 1. The smallest absolute Gasteiger partial charge is 0.261 e. The SMILES string of the molecule is C=CCCC[C@H](C)[C@H](O[Si](c1ccccc1)(c1ccccc1)C(C)(C)C)[C@@H](C)[C@@H](O[Si](c1ccccc1)(c1ccccc1)C(C)(C)C)C(C)(C)C=O. The molecule has 0 fully saturated rings. The van der Waals surface area contributed by atoms with Gasteiger partial charge in [0.2, 0.25) is 0 Å². The van der Waals surface area contributed by atoms with E-state index in [1.54, 1.807) is 0 Å². The molecule has 0 aliphatic carbocycles. The highest BCUT2D eigenvalue weighted by Crippen LogP contribution is 2.45. The minimum Gasteiger partial charge on any atom is -0.404 e. The van der Waals surface area contributed by atoms with Crippen LogP contribution in [0, 0.1) is 17.3 Å². The van der Waals surface area contributed by atoms with E-state index in [0.29, 0.717) is 0 Å². The zero-order chi connectivity index (χ0) is 38.2. The first-order valence-corrected chi connectivity index (χ1v) is 23.0. The zero-order valence-electron chi connectivity index (χ0n) is 33.6. The third-order valence-corrected chi connectivity index (χ3v) is 21.2. The van der Waals surface area contributed by atoms with E-state index in [-0.39, 0.29) is 28.0 Å². The average Bonchev–Trinajstić information content (AvgIpc) is 3.13. The van der Waals surface area contributed by atoms with Gasteiger partial charge in [0.25, 0.3) is 16.6 Å². The van der Waals surface area contributed by atoms with E-state index in [1.807, 2.05) is 6.08 Å². The summed E-state index contributed by atoms with van der Waals surface area (Å²) in [4.78, 5) is 13.4. The largest absolute Gasteiger partial charge is 0.404 e. The topological polar surface area (TPSA) is 35.5 Å². The molecular weight excluding hydrogens is 669 g/mol. The molecule has 0 saturated heterocycles. The van der Waals surface area contributed by atoms with Crippen LogP contribution in [0.5, 0.6) is 0 Å². The van der Waals surface area contributed by atoms with Gasteiger partial charge in [0.15, 0.2) is 0 Å². The van der Waals surface area contributed by atoms with Gasteiger partial charge in [-0.25, -0.2) is 0 Å². The Kier molecular flexibility index (Phi) is 13.7. The van der Waals surface area contributed by atoms with Crippen molar-refractivity contribution in [3.63, 3.8) is 0 Å². The van der Waals surface area contributed by atoms with Gasteiger partial charge >= 0.3 is 0 Å². The molecule has 0 aromatic heterocycles. The molecule has 0 spiro atoms. The van der Waals surface area contributed by atoms with Crippen molar-refractivity contribution in [2.75, 3.05) is 0 Å². The molecule has 0 aliphatic heterocycles. The fraction of sp³-hybridized carbons (Fsp3) is 0.426. The van der Waals surface area contributed by atoms with Crippen molar-refractivity contribution in [3.8, 4) is 0 Å². The lowest BCUT2D eigenvalue weighted by Crippen LogP contribution is -2.71. The van der Waals surface area contributed by atoms with Gasteiger partial charge in [0.05, 0.1) is 12.2 Å². The summed E-state index contributed by atoms with van der Waals surface area (Å²) < 4.78 is 16.1. The Morgan fingerprint density at radius 2 is 0.942 bits per heavy atom. The van der Waals surface area contributed by atoms with E-state index in [2.05, 4.69) is 197 Å². The second kappa shape index (κ2) is 17.2. The molecule has 4 rings (SSSR count). The van der Waals surface area contributed by atoms with Gasteiger partial charge in [0, 0.05) is 11.3 Å². The first-order chi connectivity index (χ1) is 24.6.